The highest BCUT2D eigenvalue weighted by Gasteiger charge is 2.30. The summed E-state index contributed by atoms with van der Waals surface area (Å²) in [4.78, 5) is 0. The molecule has 0 aliphatic heterocycles. The lowest BCUT2D eigenvalue weighted by molar-refractivity contribution is -0.137. The van der Waals surface area contributed by atoms with E-state index in [-0.39, 0.29) is 6.04 Å². The summed E-state index contributed by atoms with van der Waals surface area (Å²) < 4.78 is 37.3. The van der Waals surface area contributed by atoms with Crippen LogP contribution in [0.1, 0.15) is 36.5 Å². The zero-order valence-corrected chi connectivity index (χ0v) is 10.1. The van der Waals surface area contributed by atoms with Crippen molar-refractivity contribution >= 4 is 0 Å². The van der Waals surface area contributed by atoms with Crippen LogP contribution in [0.15, 0.2) is 18.2 Å². The second-order valence-corrected chi connectivity index (χ2v) is 4.35. The zero-order chi connectivity index (χ0) is 13.1. The fourth-order valence-electron chi connectivity index (χ4n) is 1.70. The van der Waals surface area contributed by atoms with Crippen molar-refractivity contribution in [1.29, 1.82) is 0 Å². The average Bonchev–Trinajstić information content (AvgIpc) is 2.25. The molecule has 1 aromatic rings. The van der Waals surface area contributed by atoms with E-state index in [1.165, 1.54) is 6.07 Å². The Balaban J connectivity index is 2.77. The van der Waals surface area contributed by atoms with Gasteiger partial charge in [0, 0.05) is 6.04 Å². The Labute approximate surface area is 99.8 Å². The number of nitrogens with two attached hydrogens (primary N) is 1. The van der Waals surface area contributed by atoms with Crippen molar-refractivity contribution in [2.75, 3.05) is 0 Å². The van der Waals surface area contributed by atoms with Gasteiger partial charge in [-0.3, -0.25) is 0 Å². The van der Waals surface area contributed by atoms with Gasteiger partial charge in [0.15, 0.2) is 0 Å². The van der Waals surface area contributed by atoms with E-state index in [2.05, 4.69) is 0 Å². The molecular formula is C13H18F3N. The van der Waals surface area contributed by atoms with Gasteiger partial charge in [-0.2, -0.15) is 13.2 Å². The van der Waals surface area contributed by atoms with Crippen LogP contribution >= 0.6 is 0 Å². The number of benzene rings is 1. The third-order valence-corrected chi connectivity index (χ3v) is 2.98. The Morgan fingerprint density at radius 3 is 2.41 bits per heavy atom. The maximum atomic E-state index is 12.4. The summed E-state index contributed by atoms with van der Waals surface area (Å²) in [6.45, 7) is 3.71. The fraction of sp³-hybridized carbons (Fsp3) is 0.538. The summed E-state index contributed by atoms with van der Waals surface area (Å²) >= 11 is 0. The van der Waals surface area contributed by atoms with Gasteiger partial charge in [0.2, 0.25) is 0 Å². The van der Waals surface area contributed by atoms with Crippen LogP contribution in [-0.4, -0.2) is 6.04 Å². The van der Waals surface area contributed by atoms with Crippen molar-refractivity contribution < 1.29 is 13.2 Å². The van der Waals surface area contributed by atoms with Gasteiger partial charge in [-0.25, -0.2) is 0 Å². The van der Waals surface area contributed by atoms with Gasteiger partial charge >= 0.3 is 6.18 Å². The van der Waals surface area contributed by atoms with Gasteiger partial charge in [-0.1, -0.05) is 13.0 Å². The first-order valence-electron chi connectivity index (χ1n) is 5.77. The molecule has 0 radical (unpaired) electrons. The van der Waals surface area contributed by atoms with Crippen molar-refractivity contribution in [3.8, 4) is 0 Å². The first kappa shape index (κ1) is 14.0. The SMILES string of the molecule is CCC(N)CCc1ccc(C(F)(F)F)cc1C. The molecule has 0 aliphatic rings. The molecule has 0 fully saturated rings. The number of aryl methyl sites for hydroxylation is 2. The minimum atomic E-state index is -4.26. The summed E-state index contributed by atoms with van der Waals surface area (Å²) in [6, 6.07) is 4.02. The van der Waals surface area contributed by atoms with E-state index in [1.807, 2.05) is 6.92 Å². The highest BCUT2D eigenvalue weighted by Crippen LogP contribution is 2.30. The molecule has 2 N–H and O–H groups in total. The summed E-state index contributed by atoms with van der Waals surface area (Å²) in [5.74, 6) is 0. The maximum absolute atomic E-state index is 12.4. The number of halogens is 3. The second-order valence-electron chi connectivity index (χ2n) is 4.35. The van der Waals surface area contributed by atoms with E-state index in [4.69, 9.17) is 5.73 Å². The van der Waals surface area contributed by atoms with Crippen LogP contribution in [0.3, 0.4) is 0 Å². The van der Waals surface area contributed by atoms with Crippen molar-refractivity contribution in [3.63, 3.8) is 0 Å². The summed E-state index contributed by atoms with van der Waals surface area (Å²) in [5, 5.41) is 0. The molecule has 0 heterocycles. The average molecular weight is 245 g/mol. The Bertz CT molecular complexity index is 371. The first-order chi connectivity index (χ1) is 7.84. The second kappa shape index (κ2) is 5.54. The number of hydrogen-bond acceptors (Lipinski definition) is 1. The molecule has 4 heteroatoms. The Morgan fingerprint density at radius 2 is 1.94 bits per heavy atom. The monoisotopic (exact) mass is 245 g/mol. The molecule has 0 spiro atoms. The minimum absolute atomic E-state index is 0.122. The van der Waals surface area contributed by atoms with E-state index in [9.17, 15) is 13.2 Å². The minimum Gasteiger partial charge on any atom is -0.328 e. The highest BCUT2D eigenvalue weighted by molar-refractivity contribution is 5.32. The quantitative estimate of drug-likeness (QED) is 0.860. The predicted octanol–water partition coefficient (Wildman–Crippen LogP) is 3.68. The third-order valence-electron chi connectivity index (χ3n) is 2.98. The van der Waals surface area contributed by atoms with Gasteiger partial charge in [-0.05, 0) is 49.4 Å². The molecule has 17 heavy (non-hydrogen) atoms. The van der Waals surface area contributed by atoms with Crippen LogP contribution < -0.4 is 5.73 Å². The lowest BCUT2D eigenvalue weighted by atomic mass is 9.98. The van der Waals surface area contributed by atoms with E-state index in [1.54, 1.807) is 13.0 Å². The van der Waals surface area contributed by atoms with E-state index in [0.717, 1.165) is 30.9 Å². The van der Waals surface area contributed by atoms with Crippen molar-refractivity contribution in [3.05, 3.63) is 34.9 Å². The van der Waals surface area contributed by atoms with Gasteiger partial charge in [0.1, 0.15) is 0 Å². The molecular weight excluding hydrogens is 227 g/mol. The molecule has 1 nitrogen and oxygen atoms in total. The normalized spacial score (nSPS) is 13.8. The molecule has 0 amide bonds. The topological polar surface area (TPSA) is 26.0 Å². The van der Waals surface area contributed by atoms with Crippen LogP contribution in [0, 0.1) is 6.92 Å². The molecule has 0 bridgehead atoms. The predicted molar refractivity (Wildman–Crippen MR) is 62.8 cm³/mol. The molecule has 0 aromatic heterocycles. The zero-order valence-electron chi connectivity index (χ0n) is 10.1. The fourth-order valence-corrected chi connectivity index (χ4v) is 1.70. The van der Waals surface area contributed by atoms with E-state index in [0.29, 0.717) is 5.56 Å². The van der Waals surface area contributed by atoms with Crippen LogP contribution in [0.2, 0.25) is 0 Å². The van der Waals surface area contributed by atoms with Crippen LogP contribution in [0.25, 0.3) is 0 Å². The summed E-state index contributed by atoms with van der Waals surface area (Å²) in [6.07, 6.45) is -1.83. The summed E-state index contributed by atoms with van der Waals surface area (Å²) in [7, 11) is 0. The Hall–Kier alpha value is -1.03. The van der Waals surface area contributed by atoms with Gasteiger partial charge in [0.25, 0.3) is 0 Å². The summed E-state index contributed by atoms with van der Waals surface area (Å²) in [5.41, 5.74) is 6.84. The molecule has 1 rings (SSSR count). The molecule has 1 atom stereocenters. The first-order valence-corrected chi connectivity index (χ1v) is 5.77. The van der Waals surface area contributed by atoms with E-state index >= 15 is 0 Å². The van der Waals surface area contributed by atoms with E-state index < -0.39 is 11.7 Å². The Kier molecular flexibility index (Phi) is 4.57. The Morgan fingerprint density at radius 1 is 1.29 bits per heavy atom. The molecule has 0 saturated heterocycles. The third kappa shape index (κ3) is 4.04. The molecule has 1 aromatic carbocycles. The lowest BCUT2D eigenvalue weighted by Gasteiger charge is -2.13. The molecule has 0 aliphatic carbocycles. The smallest absolute Gasteiger partial charge is 0.328 e. The van der Waals surface area contributed by atoms with Gasteiger partial charge < -0.3 is 5.73 Å². The van der Waals surface area contributed by atoms with Crippen LogP contribution in [0.5, 0.6) is 0 Å². The highest BCUT2D eigenvalue weighted by atomic mass is 19.4. The standard InChI is InChI=1S/C13H18F3N/c1-3-12(17)7-5-10-4-6-11(8-9(10)2)13(14,15)16/h4,6,8,12H,3,5,7,17H2,1-2H3. The molecule has 0 saturated carbocycles. The van der Waals surface area contributed by atoms with Gasteiger partial charge in [0.05, 0.1) is 5.56 Å². The number of hydrogen-bond donors (Lipinski definition) is 1. The van der Waals surface area contributed by atoms with Crippen molar-refractivity contribution in [2.45, 2.75) is 45.3 Å². The number of alkyl halides is 3. The number of rotatable bonds is 4. The van der Waals surface area contributed by atoms with Gasteiger partial charge in [-0.15, -0.1) is 0 Å². The van der Waals surface area contributed by atoms with Crippen molar-refractivity contribution in [2.24, 2.45) is 5.73 Å². The molecule has 1 unspecified atom stereocenters. The van der Waals surface area contributed by atoms with Crippen LogP contribution in [0.4, 0.5) is 13.2 Å². The largest absolute Gasteiger partial charge is 0.416 e. The maximum Gasteiger partial charge on any atom is 0.416 e. The lowest BCUT2D eigenvalue weighted by Crippen LogP contribution is -2.19. The van der Waals surface area contributed by atoms with Crippen LogP contribution in [-0.2, 0) is 12.6 Å². The van der Waals surface area contributed by atoms with Crippen molar-refractivity contribution in [1.82, 2.24) is 0 Å². The molecule has 96 valence electrons.